The summed E-state index contributed by atoms with van der Waals surface area (Å²) in [5, 5.41) is 12.8. The third-order valence-corrected chi connectivity index (χ3v) is 3.82. The number of ether oxygens (including phenoxy) is 1. The van der Waals surface area contributed by atoms with Crippen molar-refractivity contribution in [1.29, 1.82) is 0 Å². The van der Waals surface area contributed by atoms with E-state index in [9.17, 15) is 4.79 Å². The molecule has 1 aliphatic rings. The van der Waals surface area contributed by atoms with Gasteiger partial charge in [0.05, 0.1) is 0 Å². The first-order valence-corrected chi connectivity index (χ1v) is 6.91. The van der Waals surface area contributed by atoms with Crippen molar-refractivity contribution in [1.82, 2.24) is 10.1 Å². The first-order chi connectivity index (χ1) is 9.65. The highest BCUT2D eigenvalue weighted by molar-refractivity contribution is 9.10. The topological polar surface area (TPSA) is 85.5 Å². The number of hydrogen-bond donors (Lipinski definition) is 1. The molecular formula is C13H11BrN2O4. The summed E-state index contributed by atoms with van der Waals surface area (Å²) < 4.78 is 11.4. The van der Waals surface area contributed by atoms with Crippen LogP contribution in [0.25, 0.3) is 11.4 Å². The van der Waals surface area contributed by atoms with Gasteiger partial charge in [0, 0.05) is 10.0 Å². The third-order valence-electron chi connectivity index (χ3n) is 3.13. The van der Waals surface area contributed by atoms with Gasteiger partial charge in [-0.3, -0.25) is 0 Å². The molecule has 7 heteroatoms. The van der Waals surface area contributed by atoms with E-state index >= 15 is 0 Å². The van der Waals surface area contributed by atoms with Gasteiger partial charge in [0.25, 0.3) is 5.89 Å². The number of halogens is 1. The van der Waals surface area contributed by atoms with Gasteiger partial charge in [0.15, 0.2) is 6.10 Å². The van der Waals surface area contributed by atoms with Gasteiger partial charge in [0.2, 0.25) is 5.82 Å². The second-order valence-corrected chi connectivity index (χ2v) is 5.32. The number of carboxylic acids is 1. The number of nitrogens with zero attached hydrogens (tertiary/aromatic N) is 2. The number of carbonyl (C=O) groups is 1. The average molecular weight is 339 g/mol. The van der Waals surface area contributed by atoms with E-state index in [1.54, 1.807) is 0 Å². The lowest BCUT2D eigenvalue weighted by molar-refractivity contribution is -0.150. The highest BCUT2D eigenvalue weighted by Crippen LogP contribution is 2.33. The Bertz CT molecular complexity index is 643. The summed E-state index contributed by atoms with van der Waals surface area (Å²) in [5.41, 5.74) is 0.815. The zero-order valence-electron chi connectivity index (χ0n) is 10.3. The summed E-state index contributed by atoms with van der Waals surface area (Å²) in [6.45, 7) is 0. The summed E-state index contributed by atoms with van der Waals surface area (Å²) in [6.07, 6.45) is -0.222. The predicted molar refractivity (Wildman–Crippen MR) is 71.9 cm³/mol. The molecule has 2 heterocycles. The molecule has 0 aliphatic carbocycles. The molecule has 6 nitrogen and oxygen atoms in total. The third kappa shape index (κ3) is 2.46. The Morgan fingerprint density at radius 3 is 2.85 bits per heavy atom. The molecule has 0 bridgehead atoms. The van der Waals surface area contributed by atoms with E-state index in [2.05, 4.69) is 26.1 Å². The van der Waals surface area contributed by atoms with Gasteiger partial charge in [-0.2, -0.15) is 4.98 Å². The molecule has 2 atom stereocenters. The van der Waals surface area contributed by atoms with Crippen molar-refractivity contribution in [2.45, 2.75) is 25.0 Å². The summed E-state index contributed by atoms with van der Waals surface area (Å²) in [6, 6.07) is 7.53. The minimum Gasteiger partial charge on any atom is -0.479 e. The standard InChI is InChI=1S/C13H11BrN2O4/c14-8-4-2-1-3-7(8)11-15-12(20-16-11)9-5-6-10(19-9)13(17)18/h1-4,9-10H,5-6H2,(H,17,18). The Labute approximate surface area is 122 Å². The van der Waals surface area contributed by atoms with E-state index in [0.29, 0.717) is 24.6 Å². The van der Waals surface area contributed by atoms with Gasteiger partial charge in [0.1, 0.15) is 6.10 Å². The largest absolute Gasteiger partial charge is 0.479 e. The first-order valence-electron chi connectivity index (χ1n) is 6.12. The van der Waals surface area contributed by atoms with Crippen LogP contribution >= 0.6 is 15.9 Å². The molecule has 1 saturated heterocycles. The van der Waals surface area contributed by atoms with E-state index in [1.807, 2.05) is 24.3 Å². The quantitative estimate of drug-likeness (QED) is 0.926. The van der Waals surface area contributed by atoms with Crippen molar-refractivity contribution in [2.75, 3.05) is 0 Å². The Balaban J connectivity index is 1.81. The number of carboxylic acid groups (broad SMARTS) is 1. The van der Waals surface area contributed by atoms with Crippen molar-refractivity contribution in [3.05, 3.63) is 34.6 Å². The number of aromatic nitrogens is 2. The molecule has 0 saturated carbocycles. The zero-order chi connectivity index (χ0) is 14.1. The molecule has 1 aromatic carbocycles. The fourth-order valence-electron chi connectivity index (χ4n) is 2.12. The van der Waals surface area contributed by atoms with Gasteiger partial charge in [-0.25, -0.2) is 4.79 Å². The van der Waals surface area contributed by atoms with E-state index in [4.69, 9.17) is 14.4 Å². The molecule has 104 valence electrons. The van der Waals surface area contributed by atoms with Crippen molar-refractivity contribution in [3.63, 3.8) is 0 Å². The molecule has 1 aliphatic heterocycles. The van der Waals surface area contributed by atoms with Gasteiger partial charge in [-0.05, 0) is 25.0 Å². The molecule has 1 N–H and O–H groups in total. The maximum Gasteiger partial charge on any atom is 0.332 e. The normalized spacial score (nSPS) is 22.1. The summed E-state index contributed by atoms with van der Waals surface area (Å²) in [4.78, 5) is 15.1. The number of aliphatic carboxylic acids is 1. The Morgan fingerprint density at radius 1 is 1.35 bits per heavy atom. The maximum atomic E-state index is 10.9. The van der Waals surface area contributed by atoms with E-state index in [1.165, 1.54) is 0 Å². The van der Waals surface area contributed by atoms with E-state index in [-0.39, 0.29) is 0 Å². The van der Waals surface area contributed by atoms with Gasteiger partial charge < -0.3 is 14.4 Å². The van der Waals surface area contributed by atoms with Gasteiger partial charge >= 0.3 is 5.97 Å². The molecule has 0 amide bonds. The average Bonchev–Trinajstić information content (AvgIpc) is 3.08. The van der Waals surface area contributed by atoms with Crippen LogP contribution in [-0.4, -0.2) is 27.3 Å². The maximum absolute atomic E-state index is 10.9. The molecule has 2 aromatic rings. The Morgan fingerprint density at radius 2 is 2.15 bits per heavy atom. The first kappa shape index (κ1) is 13.3. The molecule has 0 spiro atoms. The number of hydrogen-bond acceptors (Lipinski definition) is 5. The number of benzene rings is 1. The molecular weight excluding hydrogens is 328 g/mol. The minimum absolute atomic E-state index is 0.319. The van der Waals surface area contributed by atoms with Crippen LogP contribution in [0.2, 0.25) is 0 Å². The Hall–Kier alpha value is -1.73. The monoisotopic (exact) mass is 338 g/mol. The van der Waals surface area contributed by atoms with Crippen molar-refractivity contribution < 1.29 is 19.2 Å². The van der Waals surface area contributed by atoms with Gasteiger partial charge in [-0.1, -0.05) is 33.2 Å². The lowest BCUT2D eigenvalue weighted by Crippen LogP contribution is -2.18. The second-order valence-electron chi connectivity index (χ2n) is 4.47. The second kappa shape index (κ2) is 5.34. The SMILES string of the molecule is O=C(O)C1CCC(c2nc(-c3ccccc3Br)no2)O1. The zero-order valence-corrected chi connectivity index (χ0v) is 11.9. The lowest BCUT2D eigenvalue weighted by Gasteiger charge is -2.05. The minimum atomic E-state index is -0.960. The predicted octanol–water partition coefficient (Wildman–Crippen LogP) is 2.80. The van der Waals surface area contributed by atoms with Crippen molar-refractivity contribution in [3.8, 4) is 11.4 Å². The Kier molecular flexibility index (Phi) is 3.54. The highest BCUT2D eigenvalue weighted by atomic mass is 79.9. The highest BCUT2D eigenvalue weighted by Gasteiger charge is 2.34. The molecule has 1 aromatic heterocycles. The van der Waals surface area contributed by atoms with Crippen LogP contribution in [0.5, 0.6) is 0 Å². The van der Waals surface area contributed by atoms with Crippen LogP contribution in [0.1, 0.15) is 24.8 Å². The summed E-state index contributed by atoms with van der Waals surface area (Å²) >= 11 is 3.42. The molecule has 1 fully saturated rings. The van der Waals surface area contributed by atoms with E-state index in [0.717, 1.165) is 10.0 Å². The van der Waals surface area contributed by atoms with Crippen LogP contribution in [0.15, 0.2) is 33.3 Å². The van der Waals surface area contributed by atoms with Crippen molar-refractivity contribution >= 4 is 21.9 Å². The van der Waals surface area contributed by atoms with Crippen LogP contribution in [0.3, 0.4) is 0 Å². The lowest BCUT2D eigenvalue weighted by atomic mass is 10.2. The summed E-state index contributed by atoms with van der Waals surface area (Å²) in [5.74, 6) is -0.188. The van der Waals surface area contributed by atoms with Crippen molar-refractivity contribution in [2.24, 2.45) is 0 Å². The van der Waals surface area contributed by atoms with E-state index < -0.39 is 18.2 Å². The van der Waals surface area contributed by atoms with Crippen LogP contribution in [0.4, 0.5) is 0 Å². The summed E-state index contributed by atoms with van der Waals surface area (Å²) in [7, 11) is 0. The fourth-order valence-corrected chi connectivity index (χ4v) is 2.58. The molecule has 20 heavy (non-hydrogen) atoms. The van der Waals surface area contributed by atoms with Crippen LogP contribution in [-0.2, 0) is 9.53 Å². The van der Waals surface area contributed by atoms with Gasteiger partial charge in [-0.15, -0.1) is 0 Å². The molecule has 0 radical (unpaired) electrons. The van der Waals surface area contributed by atoms with Crippen LogP contribution in [0, 0.1) is 0 Å². The fraction of sp³-hybridized carbons (Fsp3) is 0.308. The smallest absolute Gasteiger partial charge is 0.332 e. The number of rotatable bonds is 3. The van der Waals surface area contributed by atoms with Crippen LogP contribution < -0.4 is 0 Å². The molecule has 3 rings (SSSR count). The molecule has 2 unspecified atom stereocenters.